The second-order valence-electron chi connectivity index (χ2n) is 7.25. The highest BCUT2D eigenvalue weighted by atomic mass is 79.9. The van der Waals surface area contributed by atoms with Gasteiger partial charge in [-0.2, -0.15) is 0 Å². The van der Waals surface area contributed by atoms with Crippen LogP contribution < -0.4 is 10.1 Å². The number of ether oxygens (including phenoxy) is 1. The van der Waals surface area contributed by atoms with Gasteiger partial charge in [-0.1, -0.05) is 40.2 Å². The number of benzene rings is 2. The van der Waals surface area contributed by atoms with E-state index in [1.807, 2.05) is 11.8 Å². The van der Waals surface area contributed by atoms with Crippen molar-refractivity contribution in [2.45, 2.75) is 55.3 Å². The van der Waals surface area contributed by atoms with E-state index in [1.54, 1.807) is 0 Å². The van der Waals surface area contributed by atoms with Gasteiger partial charge in [-0.15, -0.1) is 11.8 Å². The summed E-state index contributed by atoms with van der Waals surface area (Å²) >= 11 is 5.52. The second-order valence-corrected chi connectivity index (χ2v) is 9.18. The van der Waals surface area contributed by atoms with Crippen LogP contribution in [-0.4, -0.2) is 12.6 Å². The Kier molecular flexibility index (Phi) is 6.46. The zero-order valence-electron chi connectivity index (χ0n) is 15.5. The summed E-state index contributed by atoms with van der Waals surface area (Å²) in [7, 11) is 0. The molecule has 1 aliphatic carbocycles. The first-order valence-corrected chi connectivity index (χ1v) is 11.7. The SMILES string of the molecule is Brc1ccc(OC2CCCC2)c(CSc2ccccc2C2=CCCCN2)c1. The maximum atomic E-state index is 6.34. The molecule has 1 fully saturated rings. The highest BCUT2D eigenvalue weighted by Gasteiger charge is 2.18. The van der Waals surface area contributed by atoms with Crippen molar-refractivity contribution in [3.05, 3.63) is 64.1 Å². The van der Waals surface area contributed by atoms with Gasteiger partial charge in [-0.3, -0.25) is 0 Å². The molecule has 0 unspecified atom stereocenters. The lowest BCUT2D eigenvalue weighted by Gasteiger charge is -2.19. The molecule has 2 aliphatic rings. The van der Waals surface area contributed by atoms with E-state index in [9.17, 15) is 0 Å². The van der Waals surface area contributed by atoms with Gasteiger partial charge in [-0.25, -0.2) is 0 Å². The summed E-state index contributed by atoms with van der Waals surface area (Å²) in [5.74, 6) is 1.95. The van der Waals surface area contributed by atoms with E-state index in [0.29, 0.717) is 6.10 Å². The third-order valence-corrected chi connectivity index (χ3v) is 6.84. The normalized spacial score (nSPS) is 17.4. The largest absolute Gasteiger partial charge is 0.490 e. The van der Waals surface area contributed by atoms with Crippen LogP contribution in [0.1, 0.15) is 49.7 Å². The third kappa shape index (κ3) is 4.91. The first-order chi connectivity index (χ1) is 13.3. The smallest absolute Gasteiger partial charge is 0.123 e. The second kappa shape index (κ2) is 9.20. The molecular weight excluding hydrogens is 418 g/mol. The fourth-order valence-electron chi connectivity index (χ4n) is 3.78. The van der Waals surface area contributed by atoms with Crippen molar-refractivity contribution in [2.24, 2.45) is 0 Å². The Morgan fingerprint density at radius 2 is 1.93 bits per heavy atom. The molecule has 0 radical (unpaired) electrons. The Morgan fingerprint density at radius 3 is 2.74 bits per heavy atom. The monoisotopic (exact) mass is 443 g/mol. The predicted molar refractivity (Wildman–Crippen MR) is 118 cm³/mol. The molecule has 0 amide bonds. The van der Waals surface area contributed by atoms with Gasteiger partial charge in [0.25, 0.3) is 0 Å². The number of hydrogen-bond donors (Lipinski definition) is 1. The molecule has 0 bridgehead atoms. The van der Waals surface area contributed by atoms with E-state index >= 15 is 0 Å². The van der Waals surface area contributed by atoms with Crippen molar-refractivity contribution in [2.75, 3.05) is 6.54 Å². The number of nitrogens with one attached hydrogen (secondary N) is 1. The summed E-state index contributed by atoms with van der Waals surface area (Å²) in [6.07, 6.45) is 10.1. The average molecular weight is 444 g/mol. The van der Waals surface area contributed by atoms with Crippen molar-refractivity contribution in [1.82, 2.24) is 5.32 Å². The minimum Gasteiger partial charge on any atom is -0.490 e. The van der Waals surface area contributed by atoms with Crippen molar-refractivity contribution >= 4 is 33.4 Å². The molecule has 1 saturated carbocycles. The van der Waals surface area contributed by atoms with Gasteiger partial charge in [0.2, 0.25) is 0 Å². The Labute approximate surface area is 174 Å². The zero-order chi connectivity index (χ0) is 18.5. The van der Waals surface area contributed by atoms with E-state index in [4.69, 9.17) is 4.74 Å². The van der Waals surface area contributed by atoms with Crippen molar-refractivity contribution in [3.63, 3.8) is 0 Å². The summed E-state index contributed by atoms with van der Waals surface area (Å²) in [5.41, 5.74) is 3.86. The van der Waals surface area contributed by atoms with E-state index in [0.717, 1.165) is 28.9 Å². The molecule has 0 atom stereocenters. The molecule has 0 saturated heterocycles. The van der Waals surface area contributed by atoms with Crippen LogP contribution in [-0.2, 0) is 5.75 Å². The molecule has 1 heterocycles. The van der Waals surface area contributed by atoms with Crippen LogP contribution in [0.2, 0.25) is 0 Å². The van der Waals surface area contributed by atoms with Crippen LogP contribution in [0.5, 0.6) is 5.75 Å². The summed E-state index contributed by atoms with van der Waals surface area (Å²) in [6, 6.07) is 15.1. The lowest BCUT2D eigenvalue weighted by Crippen LogP contribution is -2.17. The average Bonchev–Trinajstić information content (AvgIpc) is 3.22. The molecule has 1 N–H and O–H groups in total. The van der Waals surface area contributed by atoms with Crippen LogP contribution in [0.25, 0.3) is 5.70 Å². The predicted octanol–water partition coefficient (Wildman–Crippen LogP) is 6.79. The number of thioether (sulfide) groups is 1. The van der Waals surface area contributed by atoms with E-state index in [2.05, 4.69) is 69.8 Å². The highest BCUT2D eigenvalue weighted by Crippen LogP contribution is 2.35. The molecule has 142 valence electrons. The number of hydrogen-bond acceptors (Lipinski definition) is 3. The Balaban J connectivity index is 1.52. The van der Waals surface area contributed by atoms with Crippen LogP contribution in [0.15, 0.2) is 57.9 Å². The van der Waals surface area contributed by atoms with Gasteiger partial charge in [0, 0.05) is 38.5 Å². The number of allylic oxidation sites excluding steroid dienone is 1. The fourth-order valence-corrected chi connectivity index (χ4v) is 5.23. The van der Waals surface area contributed by atoms with Crippen molar-refractivity contribution in [3.8, 4) is 5.75 Å². The summed E-state index contributed by atoms with van der Waals surface area (Å²) in [5, 5.41) is 3.56. The van der Waals surface area contributed by atoms with Crippen LogP contribution in [0.3, 0.4) is 0 Å². The maximum Gasteiger partial charge on any atom is 0.123 e. The molecule has 2 aromatic carbocycles. The topological polar surface area (TPSA) is 21.3 Å². The van der Waals surface area contributed by atoms with Crippen molar-refractivity contribution < 1.29 is 4.74 Å². The standard InChI is InChI=1S/C23H26BrNOS/c24-18-12-13-22(26-19-7-1-2-8-19)17(15-18)16-27-23-11-4-3-9-20(23)21-10-5-6-14-25-21/h3-4,9-13,15,19,25H,1-2,5-8,14,16H2. The van der Waals surface area contributed by atoms with Crippen LogP contribution >= 0.6 is 27.7 Å². The molecule has 0 aromatic heterocycles. The van der Waals surface area contributed by atoms with E-state index in [1.165, 1.54) is 53.8 Å². The zero-order valence-corrected chi connectivity index (χ0v) is 17.9. The summed E-state index contributed by atoms with van der Waals surface area (Å²) < 4.78 is 7.45. The molecule has 4 rings (SSSR count). The van der Waals surface area contributed by atoms with Gasteiger partial charge in [0.05, 0.1) is 6.10 Å². The molecular formula is C23H26BrNOS. The summed E-state index contributed by atoms with van der Waals surface area (Å²) in [6.45, 7) is 1.07. The molecule has 1 aliphatic heterocycles. The highest BCUT2D eigenvalue weighted by molar-refractivity contribution is 9.10. The minimum atomic E-state index is 0.388. The van der Waals surface area contributed by atoms with Crippen molar-refractivity contribution in [1.29, 1.82) is 0 Å². The molecule has 2 aromatic rings. The number of halogens is 1. The van der Waals surface area contributed by atoms with Gasteiger partial charge in [-0.05, 0) is 62.8 Å². The Bertz CT molecular complexity index is 814. The molecule has 27 heavy (non-hydrogen) atoms. The summed E-state index contributed by atoms with van der Waals surface area (Å²) in [4.78, 5) is 1.32. The first-order valence-electron chi connectivity index (χ1n) is 9.91. The molecule has 0 spiro atoms. The molecule has 2 nitrogen and oxygen atoms in total. The van der Waals surface area contributed by atoms with Gasteiger partial charge < -0.3 is 10.1 Å². The van der Waals surface area contributed by atoms with Gasteiger partial charge in [0.15, 0.2) is 0 Å². The number of rotatable bonds is 6. The van der Waals surface area contributed by atoms with E-state index < -0.39 is 0 Å². The van der Waals surface area contributed by atoms with Crippen LogP contribution in [0.4, 0.5) is 0 Å². The maximum absolute atomic E-state index is 6.34. The lowest BCUT2D eigenvalue weighted by atomic mass is 10.1. The fraction of sp³-hybridized carbons (Fsp3) is 0.391. The van der Waals surface area contributed by atoms with E-state index in [-0.39, 0.29) is 0 Å². The minimum absolute atomic E-state index is 0.388. The lowest BCUT2D eigenvalue weighted by molar-refractivity contribution is 0.208. The Hall–Kier alpha value is -1.39. The van der Waals surface area contributed by atoms with Gasteiger partial charge >= 0.3 is 0 Å². The Morgan fingerprint density at radius 1 is 1.07 bits per heavy atom. The quantitative estimate of drug-likeness (QED) is 0.496. The first kappa shape index (κ1) is 18.9. The molecule has 4 heteroatoms. The van der Waals surface area contributed by atoms with Crippen LogP contribution in [0, 0.1) is 0 Å². The van der Waals surface area contributed by atoms with Gasteiger partial charge in [0.1, 0.15) is 5.75 Å². The third-order valence-electron chi connectivity index (χ3n) is 5.22.